The number of amides is 1. The maximum Gasteiger partial charge on any atom is 0.251 e. The Morgan fingerprint density at radius 2 is 2.20 bits per heavy atom. The van der Waals surface area contributed by atoms with E-state index in [2.05, 4.69) is 22.5 Å². The Hall–Kier alpha value is -1.88. The summed E-state index contributed by atoms with van der Waals surface area (Å²) in [4.78, 5) is 17.6. The van der Waals surface area contributed by atoms with Crippen molar-refractivity contribution in [1.29, 1.82) is 0 Å². The lowest BCUT2D eigenvalue weighted by atomic mass is 10.1. The minimum Gasteiger partial charge on any atom is -0.388 e. The monoisotopic (exact) mass is 289 g/mol. The van der Waals surface area contributed by atoms with Gasteiger partial charge in [-0.2, -0.15) is 0 Å². The minimum atomic E-state index is -0.0657. The molecular formula is C15H19N3OS. The number of carbonyl (C=O) groups is 1. The van der Waals surface area contributed by atoms with Crippen LogP contribution in [0.2, 0.25) is 0 Å². The van der Waals surface area contributed by atoms with Crippen LogP contribution in [0.25, 0.3) is 0 Å². The number of carbonyl (C=O) groups excluding carboxylic acids is 1. The fraction of sp³-hybridized carbons (Fsp3) is 0.333. The summed E-state index contributed by atoms with van der Waals surface area (Å²) in [6.07, 6.45) is 2.86. The van der Waals surface area contributed by atoms with E-state index in [-0.39, 0.29) is 5.91 Å². The van der Waals surface area contributed by atoms with Gasteiger partial charge in [0.05, 0.1) is 6.54 Å². The van der Waals surface area contributed by atoms with Gasteiger partial charge in [-0.15, -0.1) is 11.3 Å². The molecule has 0 saturated carbocycles. The highest BCUT2D eigenvalue weighted by Gasteiger charge is 2.08. The number of aromatic nitrogens is 1. The lowest BCUT2D eigenvalue weighted by molar-refractivity contribution is 0.0951. The molecule has 0 atom stereocenters. The van der Waals surface area contributed by atoms with Crippen molar-refractivity contribution in [3.05, 3.63) is 45.4 Å². The number of hydrogen-bond donors (Lipinski definition) is 2. The van der Waals surface area contributed by atoms with Gasteiger partial charge >= 0.3 is 0 Å². The van der Waals surface area contributed by atoms with E-state index < -0.39 is 0 Å². The van der Waals surface area contributed by atoms with Crippen molar-refractivity contribution in [3.63, 3.8) is 0 Å². The summed E-state index contributed by atoms with van der Waals surface area (Å²) in [5.41, 5.74) is 2.77. The molecule has 2 N–H and O–H groups in total. The van der Waals surface area contributed by atoms with Crippen molar-refractivity contribution < 1.29 is 4.79 Å². The first-order chi connectivity index (χ1) is 9.63. The molecule has 0 aliphatic carbocycles. The van der Waals surface area contributed by atoms with Gasteiger partial charge in [0.1, 0.15) is 5.01 Å². The number of thiazole rings is 1. The van der Waals surface area contributed by atoms with Crippen LogP contribution in [0.5, 0.6) is 0 Å². The molecule has 0 spiro atoms. The molecule has 0 saturated heterocycles. The molecule has 20 heavy (non-hydrogen) atoms. The zero-order valence-electron chi connectivity index (χ0n) is 12.0. The maximum atomic E-state index is 12.1. The third-order valence-corrected chi connectivity index (χ3v) is 4.25. The lowest BCUT2D eigenvalue weighted by Crippen LogP contribution is -2.22. The first-order valence-corrected chi connectivity index (χ1v) is 7.46. The van der Waals surface area contributed by atoms with Crippen LogP contribution in [-0.4, -0.2) is 17.9 Å². The summed E-state index contributed by atoms with van der Waals surface area (Å²) in [7, 11) is 1.87. The number of rotatable bonds is 5. The summed E-state index contributed by atoms with van der Waals surface area (Å²) < 4.78 is 0. The molecule has 1 aromatic heterocycles. The summed E-state index contributed by atoms with van der Waals surface area (Å²) in [5, 5.41) is 6.94. The number of hydrogen-bond acceptors (Lipinski definition) is 4. The van der Waals surface area contributed by atoms with E-state index in [1.165, 1.54) is 4.88 Å². The number of benzene rings is 1. The lowest BCUT2D eigenvalue weighted by Gasteiger charge is -2.08. The quantitative estimate of drug-likeness (QED) is 0.889. The second-order valence-electron chi connectivity index (χ2n) is 4.54. The topological polar surface area (TPSA) is 54.0 Å². The van der Waals surface area contributed by atoms with E-state index in [0.717, 1.165) is 22.7 Å². The van der Waals surface area contributed by atoms with Gasteiger partial charge in [-0.25, -0.2) is 4.98 Å². The van der Waals surface area contributed by atoms with Gasteiger partial charge in [-0.05, 0) is 37.1 Å². The van der Waals surface area contributed by atoms with Crippen LogP contribution in [0.1, 0.15) is 32.7 Å². The molecule has 0 unspecified atom stereocenters. The van der Waals surface area contributed by atoms with Gasteiger partial charge in [-0.1, -0.05) is 6.92 Å². The average molecular weight is 289 g/mol. The fourth-order valence-corrected chi connectivity index (χ4v) is 2.74. The van der Waals surface area contributed by atoms with E-state index in [9.17, 15) is 4.79 Å². The van der Waals surface area contributed by atoms with E-state index >= 15 is 0 Å². The number of anilines is 1. The molecular weight excluding hydrogens is 270 g/mol. The standard InChI is InChI=1S/C15H19N3OS/c1-4-12-8-17-14(20-12)9-18-15(19)11-5-6-13(16-3)10(2)7-11/h5-8,16H,4,9H2,1-3H3,(H,18,19). The molecule has 4 nitrogen and oxygen atoms in total. The molecule has 0 aliphatic rings. The largest absolute Gasteiger partial charge is 0.388 e. The molecule has 1 heterocycles. The van der Waals surface area contributed by atoms with E-state index in [4.69, 9.17) is 0 Å². The van der Waals surface area contributed by atoms with Crippen LogP contribution < -0.4 is 10.6 Å². The summed E-state index contributed by atoms with van der Waals surface area (Å²) in [5.74, 6) is -0.0657. The molecule has 5 heteroatoms. The molecule has 2 aromatic rings. The molecule has 1 amide bonds. The van der Waals surface area contributed by atoms with Gasteiger partial charge in [0.25, 0.3) is 5.91 Å². The number of nitrogens with zero attached hydrogens (tertiary/aromatic N) is 1. The zero-order chi connectivity index (χ0) is 14.5. The molecule has 0 bridgehead atoms. The van der Waals surface area contributed by atoms with Crippen molar-refractivity contribution in [2.75, 3.05) is 12.4 Å². The summed E-state index contributed by atoms with van der Waals surface area (Å²) in [6, 6.07) is 5.64. The second-order valence-corrected chi connectivity index (χ2v) is 5.74. The van der Waals surface area contributed by atoms with Crippen LogP contribution >= 0.6 is 11.3 Å². The predicted molar refractivity (Wildman–Crippen MR) is 83.4 cm³/mol. The summed E-state index contributed by atoms with van der Waals surface area (Å²) >= 11 is 1.64. The van der Waals surface area contributed by atoms with Gasteiger partial charge in [0.2, 0.25) is 0 Å². The van der Waals surface area contributed by atoms with Gasteiger partial charge in [0, 0.05) is 29.4 Å². The highest BCUT2D eigenvalue weighted by molar-refractivity contribution is 7.11. The van der Waals surface area contributed by atoms with Crippen LogP contribution in [0.4, 0.5) is 5.69 Å². The van der Waals surface area contributed by atoms with Crippen LogP contribution in [0.15, 0.2) is 24.4 Å². The average Bonchev–Trinajstić information content (AvgIpc) is 2.92. The molecule has 106 valence electrons. The van der Waals surface area contributed by atoms with E-state index in [1.807, 2.05) is 38.4 Å². The highest BCUT2D eigenvalue weighted by Crippen LogP contribution is 2.16. The number of aryl methyl sites for hydroxylation is 2. The van der Waals surface area contributed by atoms with E-state index in [0.29, 0.717) is 12.1 Å². The van der Waals surface area contributed by atoms with Crippen molar-refractivity contribution in [1.82, 2.24) is 10.3 Å². The molecule has 2 rings (SSSR count). The summed E-state index contributed by atoms with van der Waals surface area (Å²) in [6.45, 7) is 4.56. The van der Waals surface area contributed by atoms with Crippen molar-refractivity contribution in [3.8, 4) is 0 Å². The van der Waals surface area contributed by atoms with Crippen LogP contribution in [0.3, 0.4) is 0 Å². The van der Waals surface area contributed by atoms with Gasteiger partial charge < -0.3 is 10.6 Å². The normalized spacial score (nSPS) is 10.3. The molecule has 0 fully saturated rings. The Morgan fingerprint density at radius 1 is 1.40 bits per heavy atom. The third-order valence-electron chi connectivity index (χ3n) is 3.11. The van der Waals surface area contributed by atoms with Crippen LogP contribution in [-0.2, 0) is 13.0 Å². The zero-order valence-corrected chi connectivity index (χ0v) is 12.8. The Balaban J connectivity index is 1.99. The second kappa shape index (κ2) is 6.52. The van der Waals surface area contributed by atoms with Gasteiger partial charge in [0.15, 0.2) is 0 Å². The molecule has 0 radical (unpaired) electrons. The Kier molecular flexibility index (Phi) is 4.74. The predicted octanol–water partition coefficient (Wildman–Crippen LogP) is 2.99. The van der Waals surface area contributed by atoms with Gasteiger partial charge in [-0.3, -0.25) is 4.79 Å². The van der Waals surface area contributed by atoms with Crippen molar-refractivity contribution >= 4 is 22.9 Å². The van der Waals surface area contributed by atoms with E-state index in [1.54, 1.807) is 11.3 Å². The fourth-order valence-electron chi connectivity index (χ4n) is 1.94. The Labute approximate surface area is 123 Å². The molecule has 0 aliphatic heterocycles. The third kappa shape index (κ3) is 3.36. The first kappa shape index (κ1) is 14.5. The number of nitrogens with one attached hydrogen (secondary N) is 2. The maximum absolute atomic E-state index is 12.1. The van der Waals surface area contributed by atoms with Crippen molar-refractivity contribution in [2.45, 2.75) is 26.8 Å². The van der Waals surface area contributed by atoms with Crippen LogP contribution in [0, 0.1) is 6.92 Å². The Morgan fingerprint density at radius 3 is 2.80 bits per heavy atom. The highest BCUT2D eigenvalue weighted by atomic mass is 32.1. The first-order valence-electron chi connectivity index (χ1n) is 6.64. The SMILES string of the molecule is CCc1cnc(CNC(=O)c2ccc(NC)c(C)c2)s1. The molecule has 1 aromatic carbocycles. The Bertz CT molecular complexity index is 607. The smallest absolute Gasteiger partial charge is 0.251 e. The van der Waals surface area contributed by atoms with Crippen molar-refractivity contribution in [2.24, 2.45) is 0 Å². The minimum absolute atomic E-state index is 0.0657.